The molecule has 0 atom stereocenters. The molecule has 20 heavy (non-hydrogen) atoms. The topological polar surface area (TPSA) is 116 Å². The van der Waals surface area contributed by atoms with Crippen molar-refractivity contribution in [1.29, 1.82) is 0 Å². The van der Waals surface area contributed by atoms with Gasteiger partial charge in [-0.05, 0) is 19.5 Å². The SMILES string of the molecule is CNCc1cc(S(=O)(=O)NCCCc2ncn[nH]2)c[nH]1. The van der Waals surface area contributed by atoms with Gasteiger partial charge in [0.2, 0.25) is 10.0 Å². The number of aromatic nitrogens is 4. The molecule has 0 aliphatic heterocycles. The lowest BCUT2D eigenvalue weighted by Crippen LogP contribution is -2.24. The second-order valence-electron chi connectivity index (χ2n) is 4.32. The van der Waals surface area contributed by atoms with Gasteiger partial charge < -0.3 is 10.3 Å². The summed E-state index contributed by atoms with van der Waals surface area (Å²) in [5, 5.41) is 9.42. The first-order chi connectivity index (χ1) is 9.62. The maximum atomic E-state index is 12.0. The number of hydrogen-bond donors (Lipinski definition) is 4. The Labute approximate surface area is 117 Å². The molecule has 0 aliphatic rings. The molecule has 0 radical (unpaired) electrons. The monoisotopic (exact) mass is 298 g/mol. The van der Waals surface area contributed by atoms with Crippen LogP contribution in [0.3, 0.4) is 0 Å². The Hall–Kier alpha value is -1.71. The van der Waals surface area contributed by atoms with Crippen molar-refractivity contribution in [2.45, 2.75) is 24.3 Å². The molecule has 0 aliphatic carbocycles. The Morgan fingerprint density at radius 2 is 2.25 bits per heavy atom. The highest BCUT2D eigenvalue weighted by molar-refractivity contribution is 7.89. The highest BCUT2D eigenvalue weighted by Gasteiger charge is 2.15. The highest BCUT2D eigenvalue weighted by atomic mass is 32.2. The molecule has 0 amide bonds. The van der Waals surface area contributed by atoms with E-state index in [1.807, 2.05) is 0 Å². The van der Waals surface area contributed by atoms with Crippen LogP contribution < -0.4 is 10.0 Å². The lowest BCUT2D eigenvalue weighted by atomic mass is 10.3. The van der Waals surface area contributed by atoms with Gasteiger partial charge >= 0.3 is 0 Å². The third kappa shape index (κ3) is 3.89. The van der Waals surface area contributed by atoms with Crippen LogP contribution in [0.15, 0.2) is 23.5 Å². The zero-order valence-electron chi connectivity index (χ0n) is 11.2. The molecule has 0 aromatic carbocycles. The van der Waals surface area contributed by atoms with Crippen molar-refractivity contribution in [3.05, 3.63) is 30.1 Å². The van der Waals surface area contributed by atoms with Crippen LogP contribution in [0.4, 0.5) is 0 Å². The number of aryl methyl sites for hydroxylation is 1. The fourth-order valence-corrected chi connectivity index (χ4v) is 2.85. The van der Waals surface area contributed by atoms with E-state index in [-0.39, 0.29) is 4.90 Å². The quantitative estimate of drug-likeness (QED) is 0.502. The van der Waals surface area contributed by atoms with E-state index in [4.69, 9.17) is 0 Å². The van der Waals surface area contributed by atoms with Crippen LogP contribution in [0, 0.1) is 0 Å². The lowest BCUT2D eigenvalue weighted by molar-refractivity contribution is 0.578. The third-order valence-electron chi connectivity index (χ3n) is 2.74. The molecule has 2 heterocycles. The Kier molecular flexibility index (Phi) is 4.88. The van der Waals surface area contributed by atoms with Crippen LogP contribution in [0.2, 0.25) is 0 Å². The fourth-order valence-electron chi connectivity index (χ4n) is 1.76. The minimum Gasteiger partial charge on any atom is -0.363 e. The first kappa shape index (κ1) is 14.7. The van der Waals surface area contributed by atoms with Crippen LogP contribution in [0.1, 0.15) is 17.9 Å². The van der Waals surface area contributed by atoms with Crippen LogP contribution in [-0.2, 0) is 23.0 Å². The molecule has 4 N–H and O–H groups in total. The van der Waals surface area contributed by atoms with E-state index < -0.39 is 10.0 Å². The van der Waals surface area contributed by atoms with Gasteiger partial charge in [0.15, 0.2) is 0 Å². The second kappa shape index (κ2) is 6.64. The average molecular weight is 298 g/mol. The number of H-pyrrole nitrogens is 2. The van der Waals surface area contributed by atoms with Crippen LogP contribution in [-0.4, -0.2) is 42.2 Å². The number of nitrogens with one attached hydrogen (secondary N) is 4. The van der Waals surface area contributed by atoms with Crippen molar-refractivity contribution in [3.63, 3.8) is 0 Å². The van der Waals surface area contributed by atoms with Gasteiger partial charge in [-0.15, -0.1) is 0 Å². The minimum absolute atomic E-state index is 0.252. The molecule has 0 unspecified atom stereocenters. The van der Waals surface area contributed by atoms with E-state index in [1.54, 1.807) is 13.1 Å². The van der Waals surface area contributed by atoms with Gasteiger partial charge in [0.1, 0.15) is 12.2 Å². The zero-order valence-corrected chi connectivity index (χ0v) is 12.0. The minimum atomic E-state index is -3.45. The Balaban J connectivity index is 1.83. The molecule has 9 heteroatoms. The zero-order chi connectivity index (χ0) is 14.4. The molecular formula is C11H18N6O2S. The third-order valence-corrected chi connectivity index (χ3v) is 4.18. The average Bonchev–Trinajstić information content (AvgIpc) is 3.06. The molecule has 110 valence electrons. The maximum Gasteiger partial charge on any atom is 0.242 e. The Morgan fingerprint density at radius 1 is 1.40 bits per heavy atom. The molecule has 0 bridgehead atoms. The van der Waals surface area contributed by atoms with E-state index in [0.29, 0.717) is 25.9 Å². The smallest absolute Gasteiger partial charge is 0.242 e. The predicted molar refractivity (Wildman–Crippen MR) is 73.4 cm³/mol. The number of nitrogens with zero attached hydrogens (tertiary/aromatic N) is 2. The van der Waals surface area contributed by atoms with E-state index in [9.17, 15) is 8.42 Å². The van der Waals surface area contributed by atoms with E-state index >= 15 is 0 Å². The predicted octanol–water partition coefficient (Wildman–Crippen LogP) is -0.237. The maximum absolute atomic E-state index is 12.0. The standard InChI is InChI=1S/C11H18N6O2S/c1-12-6-9-5-10(7-13-9)20(18,19)16-4-2-3-11-14-8-15-17-11/h5,7-8,12-13,16H,2-4,6H2,1H3,(H,14,15,17). The molecule has 0 fully saturated rings. The van der Waals surface area contributed by atoms with E-state index in [0.717, 1.165) is 11.5 Å². The van der Waals surface area contributed by atoms with Crippen LogP contribution in [0.5, 0.6) is 0 Å². The number of aromatic amines is 2. The second-order valence-corrected chi connectivity index (χ2v) is 6.09. The molecule has 2 aromatic rings. The van der Waals surface area contributed by atoms with Crippen LogP contribution >= 0.6 is 0 Å². The number of hydrogen-bond acceptors (Lipinski definition) is 5. The van der Waals surface area contributed by atoms with Crippen molar-refractivity contribution in [1.82, 2.24) is 30.2 Å². The van der Waals surface area contributed by atoms with Gasteiger partial charge in [0, 0.05) is 31.4 Å². The van der Waals surface area contributed by atoms with E-state index in [2.05, 4.69) is 30.2 Å². The summed E-state index contributed by atoms with van der Waals surface area (Å²) in [4.78, 5) is 7.15. The van der Waals surface area contributed by atoms with Crippen molar-refractivity contribution >= 4 is 10.0 Å². The Morgan fingerprint density at radius 3 is 2.95 bits per heavy atom. The summed E-state index contributed by atoms with van der Waals surface area (Å²) in [5.74, 6) is 0.752. The van der Waals surface area contributed by atoms with Crippen molar-refractivity contribution in [3.8, 4) is 0 Å². The summed E-state index contributed by atoms with van der Waals surface area (Å²) in [6, 6.07) is 1.62. The summed E-state index contributed by atoms with van der Waals surface area (Å²) < 4.78 is 26.6. The van der Waals surface area contributed by atoms with Gasteiger partial charge in [-0.3, -0.25) is 5.10 Å². The van der Waals surface area contributed by atoms with E-state index in [1.165, 1.54) is 12.5 Å². The van der Waals surface area contributed by atoms with Crippen molar-refractivity contribution in [2.24, 2.45) is 0 Å². The molecule has 0 saturated heterocycles. The van der Waals surface area contributed by atoms with Crippen LogP contribution in [0.25, 0.3) is 0 Å². The van der Waals surface area contributed by atoms with Gasteiger partial charge in [0.05, 0.1) is 4.90 Å². The molecule has 2 aromatic heterocycles. The first-order valence-corrected chi connectivity index (χ1v) is 7.76. The number of sulfonamides is 1. The highest BCUT2D eigenvalue weighted by Crippen LogP contribution is 2.10. The molecule has 2 rings (SSSR count). The molecule has 8 nitrogen and oxygen atoms in total. The summed E-state index contributed by atoms with van der Waals surface area (Å²) in [6.07, 6.45) is 4.23. The normalized spacial score (nSPS) is 11.8. The van der Waals surface area contributed by atoms with Gasteiger partial charge in [0.25, 0.3) is 0 Å². The fraction of sp³-hybridized carbons (Fsp3) is 0.455. The summed E-state index contributed by atoms with van der Waals surface area (Å²) in [5.41, 5.74) is 0.828. The largest absolute Gasteiger partial charge is 0.363 e. The van der Waals surface area contributed by atoms with Gasteiger partial charge in [-0.2, -0.15) is 5.10 Å². The Bertz CT molecular complexity index is 619. The van der Waals surface area contributed by atoms with Crippen molar-refractivity contribution in [2.75, 3.05) is 13.6 Å². The van der Waals surface area contributed by atoms with Gasteiger partial charge in [-0.25, -0.2) is 18.1 Å². The summed E-state index contributed by atoms with van der Waals surface area (Å²) in [7, 11) is -1.65. The number of rotatable bonds is 8. The molecular weight excluding hydrogens is 280 g/mol. The first-order valence-electron chi connectivity index (χ1n) is 6.27. The van der Waals surface area contributed by atoms with Gasteiger partial charge in [-0.1, -0.05) is 0 Å². The van der Waals surface area contributed by atoms with Crippen molar-refractivity contribution < 1.29 is 8.42 Å². The lowest BCUT2D eigenvalue weighted by Gasteiger charge is -2.03. The summed E-state index contributed by atoms with van der Waals surface area (Å²) >= 11 is 0. The molecule has 0 saturated carbocycles. The molecule has 0 spiro atoms. The summed E-state index contributed by atoms with van der Waals surface area (Å²) in [6.45, 7) is 0.955.